The maximum Gasteiger partial charge on any atom is 0.0459 e. The smallest absolute Gasteiger partial charge is 0.0459 e. The maximum atomic E-state index is 9.33. The summed E-state index contributed by atoms with van der Waals surface area (Å²) >= 11 is 0. The van der Waals surface area contributed by atoms with Gasteiger partial charge in [0.05, 0.1) is 0 Å². The van der Waals surface area contributed by atoms with Crippen LogP contribution >= 0.6 is 0 Å². The lowest BCUT2D eigenvalue weighted by Gasteiger charge is -2.45. The number of fused-ring (bicyclic) bond motifs is 1. The van der Waals surface area contributed by atoms with Gasteiger partial charge in [-0.3, -0.25) is 0 Å². The summed E-state index contributed by atoms with van der Waals surface area (Å²) in [6, 6.07) is 8.66. The number of hydrogen-bond donors (Lipinski definition) is 2. The largest absolute Gasteiger partial charge is 0.396 e. The fourth-order valence-electron chi connectivity index (χ4n) is 4.96. The topological polar surface area (TPSA) is 39.3 Å². The van der Waals surface area contributed by atoms with Crippen LogP contribution in [-0.2, 0) is 6.42 Å². The second-order valence-electron chi connectivity index (χ2n) is 8.39. The SMILES string of the molecule is CCCCC1(N(C)C)CCC(c2[nH]c3ccccc3c2CCCO)CC1. The van der Waals surface area contributed by atoms with Crippen LogP contribution in [0.15, 0.2) is 24.3 Å². The third-order valence-electron chi connectivity index (χ3n) is 6.70. The number of para-hydroxylation sites is 1. The lowest BCUT2D eigenvalue weighted by Crippen LogP contribution is -2.46. The number of benzene rings is 1. The second-order valence-corrected chi connectivity index (χ2v) is 8.39. The van der Waals surface area contributed by atoms with Crippen LogP contribution in [0.3, 0.4) is 0 Å². The van der Waals surface area contributed by atoms with Gasteiger partial charge in [-0.2, -0.15) is 0 Å². The van der Waals surface area contributed by atoms with E-state index in [1.54, 1.807) is 0 Å². The van der Waals surface area contributed by atoms with Crippen LogP contribution in [0.5, 0.6) is 0 Å². The lowest BCUT2D eigenvalue weighted by atomic mass is 9.72. The first-order valence-corrected chi connectivity index (χ1v) is 10.5. The number of aromatic nitrogens is 1. The van der Waals surface area contributed by atoms with Gasteiger partial charge >= 0.3 is 0 Å². The van der Waals surface area contributed by atoms with Gasteiger partial charge in [-0.25, -0.2) is 0 Å². The first-order valence-electron chi connectivity index (χ1n) is 10.5. The highest BCUT2D eigenvalue weighted by atomic mass is 16.2. The van der Waals surface area contributed by atoms with E-state index < -0.39 is 0 Å². The molecule has 0 bridgehead atoms. The Labute approximate surface area is 158 Å². The Hall–Kier alpha value is -1.32. The Morgan fingerprint density at radius 1 is 1.15 bits per heavy atom. The molecule has 1 aliphatic carbocycles. The summed E-state index contributed by atoms with van der Waals surface area (Å²) in [4.78, 5) is 6.24. The van der Waals surface area contributed by atoms with E-state index in [1.165, 1.54) is 67.1 Å². The molecular weight excluding hydrogens is 320 g/mol. The molecule has 0 saturated heterocycles. The van der Waals surface area contributed by atoms with E-state index >= 15 is 0 Å². The van der Waals surface area contributed by atoms with E-state index in [0.29, 0.717) is 11.5 Å². The van der Waals surface area contributed by atoms with Crippen LogP contribution in [0.25, 0.3) is 10.9 Å². The summed E-state index contributed by atoms with van der Waals surface area (Å²) in [6.07, 6.45) is 10.9. The van der Waals surface area contributed by atoms with Crippen LogP contribution in [-0.4, -0.2) is 41.2 Å². The fourth-order valence-corrected chi connectivity index (χ4v) is 4.96. The number of rotatable bonds is 8. The molecule has 1 aromatic carbocycles. The normalized spacial score (nSPS) is 23.8. The minimum Gasteiger partial charge on any atom is -0.396 e. The van der Waals surface area contributed by atoms with Gasteiger partial charge in [0.25, 0.3) is 0 Å². The zero-order valence-electron chi connectivity index (χ0n) is 16.9. The van der Waals surface area contributed by atoms with Crippen molar-refractivity contribution < 1.29 is 5.11 Å². The second kappa shape index (κ2) is 8.58. The number of nitrogens with zero attached hydrogens (tertiary/aromatic N) is 1. The maximum absolute atomic E-state index is 9.33. The Bertz CT molecular complexity index is 695. The molecule has 1 saturated carbocycles. The summed E-state index contributed by atoms with van der Waals surface area (Å²) in [5.41, 5.74) is 4.54. The molecule has 3 rings (SSSR count). The molecule has 144 valence electrons. The third-order valence-corrected chi connectivity index (χ3v) is 6.70. The summed E-state index contributed by atoms with van der Waals surface area (Å²) in [6.45, 7) is 2.57. The number of nitrogens with one attached hydrogen (secondary N) is 1. The molecule has 26 heavy (non-hydrogen) atoms. The van der Waals surface area contributed by atoms with Gasteiger partial charge in [0.1, 0.15) is 0 Å². The zero-order chi connectivity index (χ0) is 18.6. The molecule has 2 N–H and O–H groups in total. The number of aliphatic hydroxyl groups is 1. The lowest BCUT2D eigenvalue weighted by molar-refractivity contribution is 0.0802. The van der Waals surface area contributed by atoms with Crippen LogP contribution in [0.4, 0.5) is 0 Å². The molecule has 1 fully saturated rings. The molecule has 1 aliphatic rings. The molecule has 3 heteroatoms. The molecule has 0 spiro atoms. The minimum atomic E-state index is 0.268. The van der Waals surface area contributed by atoms with Gasteiger partial charge in [0.2, 0.25) is 0 Å². The van der Waals surface area contributed by atoms with Gasteiger partial charge in [0, 0.05) is 28.7 Å². The fraction of sp³-hybridized carbons (Fsp3) is 0.652. The number of aromatic amines is 1. The monoisotopic (exact) mass is 356 g/mol. The Balaban J connectivity index is 1.82. The Morgan fingerprint density at radius 3 is 2.54 bits per heavy atom. The number of aliphatic hydroxyl groups excluding tert-OH is 1. The highest BCUT2D eigenvalue weighted by Crippen LogP contribution is 2.44. The van der Waals surface area contributed by atoms with Crippen molar-refractivity contribution in [2.45, 2.75) is 76.2 Å². The number of hydrogen-bond acceptors (Lipinski definition) is 2. The van der Waals surface area contributed by atoms with Gasteiger partial charge in [0.15, 0.2) is 0 Å². The van der Waals surface area contributed by atoms with Crippen LogP contribution in [0.2, 0.25) is 0 Å². The number of H-pyrrole nitrogens is 1. The molecule has 0 atom stereocenters. The predicted octanol–water partition coefficient (Wildman–Crippen LogP) is 5.24. The van der Waals surface area contributed by atoms with Crippen molar-refractivity contribution >= 4 is 10.9 Å². The summed E-state index contributed by atoms with van der Waals surface area (Å²) < 4.78 is 0. The first-order chi connectivity index (χ1) is 12.6. The minimum absolute atomic E-state index is 0.268. The summed E-state index contributed by atoms with van der Waals surface area (Å²) in [7, 11) is 4.54. The Morgan fingerprint density at radius 2 is 1.88 bits per heavy atom. The van der Waals surface area contributed by atoms with E-state index in [9.17, 15) is 5.11 Å². The van der Waals surface area contributed by atoms with Crippen LogP contribution in [0, 0.1) is 0 Å². The van der Waals surface area contributed by atoms with Gasteiger partial charge in [-0.1, -0.05) is 38.0 Å². The van der Waals surface area contributed by atoms with Crippen molar-refractivity contribution in [1.82, 2.24) is 9.88 Å². The van der Waals surface area contributed by atoms with E-state index in [2.05, 4.69) is 55.2 Å². The van der Waals surface area contributed by atoms with E-state index in [-0.39, 0.29) is 6.61 Å². The predicted molar refractivity (Wildman–Crippen MR) is 111 cm³/mol. The van der Waals surface area contributed by atoms with Crippen molar-refractivity contribution in [1.29, 1.82) is 0 Å². The molecule has 0 aliphatic heterocycles. The molecule has 2 aromatic rings. The average Bonchev–Trinajstić information content (AvgIpc) is 3.03. The molecule has 0 unspecified atom stereocenters. The quantitative estimate of drug-likeness (QED) is 0.679. The van der Waals surface area contributed by atoms with Gasteiger partial charge in [-0.05, 0) is 76.6 Å². The average molecular weight is 357 g/mol. The van der Waals surface area contributed by atoms with Crippen LogP contribution < -0.4 is 0 Å². The highest BCUT2D eigenvalue weighted by Gasteiger charge is 2.37. The molecule has 3 nitrogen and oxygen atoms in total. The van der Waals surface area contributed by atoms with Crippen molar-refractivity contribution in [2.24, 2.45) is 0 Å². The first kappa shape index (κ1) is 19.4. The van der Waals surface area contributed by atoms with Crippen molar-refractivity contribution in [3.05, 3.63) is 35.5 Å². The van der Waals surface area contributed by atoms with E-state index in [0.717, 1.165) is 12.8 Å². The van der Waals surface area contributed by atoms with Crippen molar-refractivity contribution in [2.75, 3.05) is 20.7 Å². The van der Waals surface area contributed by atoms with Gasteiger partial charge in [-0.15, -0.1) is 0 Å². The van der Waals surface area contributed by atoms with Crippen LogP contribution in [0.1, 0.15) is 75.5 Å². The van der Waals surface area contributed by atoms with Gasteiger partial charge < -0.3 is 15.0 Å². The summed E-state index contributed by atoms with van der Waals surface area (Å²) in [5.74, 6) is 0.630. The molecule has 0 radical (unpaired) electrons. The van der Waals surface area contributed by atoms with E-state index in [1.807, 2.05) is 0 Å². The summed E-state index contributed by atoms with van der Waals surface area (Å²) in [5, 5.41) is 10.7. The van der Waals surface area contributed by atoms with Crippen molar-refractivity contribution in [3.63, 3.8) is 0 Å². The molecule has 1 aromatic heterocycles. The van der Waals surface area contributed by atoms with Crippen molar-refractivity contribution in [3.8, 4) is 0 Å². The number of aryl methyl sites for hydroxylation is 1. The highest BCUT2D eigenvalue weighted by molar-refractivity contribution is 5.84. The standard InChI is InChI=1S/C23H36N2O/c1-4-5-14-23(25(2)3)15-12-18(13-16-23)22-20(10-8-17-26)19-9-6-7-11-21(19)24-22/h6-7,9,11,18,24,26H,4-5,8,10,12-17H2,1-3H3. The van der Waals surface area contributed by atoms with E-state index in [4.69, 9.17) is 0 Å². The molecule has 0 amide bonds. The molecular formula is C23H36N2O. The zero-order valence-corrected chi connectivity index (χ0v) is 16.9. The third kappa shape index (κ3) is 3.84. The number of unbranched alkanes of at least 4 members (excludes halogenated alkanes) is 1. The molecule has 1 heterocycles. The Kier molecular flexibility index (Phi) is 6.42.